The molecule has 0 spiro atoms. The molecule has 0 saturated heterocycles. The Balaban J connectivity index is 1.63. The molecule has 0 saturated carbocycles. The van der Waals surface area contributed by atoms with Crippen molar-refractivity contribution >= 4 is 34.2 Å². The van der Waals surface area contributed by atoms with E-state index in [9.17, 15) is 9.59 Å². The van der Waals surface area contributed by atoms with Gasteiger partial charge in [-0.3, -0.25) is 18.8 Å². The summed E-state index contributed by atoms with van der Waals surface area (Å²) in [6.07, 6.45) is 3.34. The van der Waals surface area contributed by atoms with Crippen molar-refractivity contribution in [1.82, 2.24) is 34.4 Å². The van der Waals surface area contributed by atoms with E-state index in [0.717, 1.165) is 11.3 Å². The average molecular weight is 602 g/mol. The van der Waals surface area contributed by atoms with Crippen LogP contribution in [0.15, 0.2) is 77.2 Å². The Hall–Kier alpha value is -5.76. The van der Waals surface area contributed by atoms with Gasteiger partial charge in [0.1, 0.15) is 11.4 Å². The van der Waals surface area contributed by atoms with Gasteiger partial charge in [-0.2, -0.15) is 10.2 Å². The summed E-state index contributed by atoms with van der Waals surface area (Å²) in [4.78, 5) is 37.6. The first-order chi connectivity index (χ1) is 21.5. The first-order valence-electron chi connectivity index (χ1n) is 14.5. The van der Waals surface area contributed by atoms with Gasteiger partial charge in [0, 0.05) is 25.4 Å². The Morgan fingerprint density at radius 1 is 1.04 bits per heavy atom. The number of nitrogens with one attached hydrogen (secondary N) is 1. The van der Waals surface area contributed by atoms with Gasteiger partial charge in [-0.15, -0.1) is 0 Å². The maximum absolute atomic E-state index is 14.3. The number of carbonyl (C=O) groups is 1. The summed E-state index contributed by atoms with van der Waals surface area (Å²) in [6.45, 7) is 11.5. The minimum atomic E-state index is -0.719. The Morgan fingerprint density at radius 3 is 2.40 bits per heavy atom. The highest BCUT2D eigenvalue weighted by Crippen LogP contribution is 2.27. The molecule has 0 aliphatic rings. The number of aliphatic imine (C=N–C) groups is 1. The number of hydrogen-bond acceptors (Lipinski definition) is 7. The third-order valence-corrected chi connectivity index (χ3v) is 7.55. The van der Waals surface area contributed by atoms with Crippen molar-refractivity contribution in [3.63, 3.8) is 0 Å². The number of rotatable bonds is 7. The van der Waals surface area contributed by atoms with Crippen LogP contribution in [0.25, 0.3) is 16.6 Å². The molecule has 228 valence electrons. The number of amides is 1. The average Bonchev–Trinajstić information content (AvgIpc) is 3.49. The maximum Gasteiger partial charge on any atom is 0.267 e. The number of fused-ring (bicyclic) bond motifs is 1. The number of carbonyl (C=O) groups excluding carboxylic acids is 1. The van der Waals surface area contributed by atoms with Gasteiger partial charge < -0.3 is 11.1 Å². The minimum Gasteiger partial charge on any atom is -0.381 e. The largest absolute Gasteiger partial charge is 0.381 e. The summed E-state index contributed by atoms with van der Waals surface area (Å²) >= 11 is 0. The van der Waals surface area contributed by atoms with Crippen LogP contribution in [0.3, 0.4) is 0 Å². The van der Waals surface area contributed by atoms with E-state index in [0.29, 0.717) is 39.5 Å². The predicted octanol–water partition coefficient (Wildman–Crippen LogP) is 4.55. The molecule has 1 atom stereocenters. The lowest BCUT2D eigenvalue weighted by molar-refractivity contribution is 0.0939. The molecule has 3 aromatic heterocycles. The molecule has 0 aliphatic carbocycles. The van der Waals surface area contributed by atoms with Crippen LogP contribution >= 0.6 is 0 Å². The zero-order valence-corrected chi connectivity index (χ0v) is 26.2. The molecule has 45 heavy (non-hydrogen) atoms. The smallest absolute Gasteiger partial charge is 0.267 e. The lowest BCUT2D eigenvalue weighted by atomic mass is 10.1. The molecule has 11 nitrogen and oxygen atoms in total. The van der Waals surface area contributed by atoms with E-state index in [1.54, 1.807) is 49.1 Å². The number of benzene rings is 2. The van der Waals surface area contributed by atoms with Gasteiger partial charge in [0.05, 0.1) is 40.1 Å². The summed E-state index contributed by atoms with van der Waals surface area (Å²) in [6, 6.07) is 13.8. The number of aromatic nitrogens is 6. The van der Waals surface area contributed by atoms with Crippen LogP contribution in [0.2, 0.25) is 0 Å². The molecule has 5 rings (SSSR count). The number of hydrogen-bond donors (Lipinski definition) is 2. The number of nitrogens with two attached hydrogens (primary N) is 1. The zero-order chi connectivity index (χ0) is 32.4. The Morgan fingerprint density at radius 2 is 1.76 bits per heavy atom. The number of anilines is 1. The summed E-state index contributed by atoms with van der Waals surface area (Å²) in [5, 5.41) is 11.8. The third-order valence-electron chi connectivity index (χ3n) is 7.55. The maximum atomic E-state index is 14.3. The van der Waals surface area contributed by atoms with Gasteiger partial charge in [0.25, 0.3) is 11.5 Å². The summed E-state index contributed by atoms with van der Waals surface area (Å²) in [5.74, 6) is 6.54. The second-order valence-electron chi connectivity index (χ2n) is 11.0. The Labute approximate surface area is 261 Å². The SMILES string of the molecule is C=C/C(=N\c1c(C(=O)NC(C)c2nc3cccc(C#Cc4cnn(C)c4C)c3c(=O)n2-c2ccccc2)c(N)nn1C)C(C)C. The van der Waals surface area contributed by atoms with E-state index in [1.165, 1.54) is 9.25 Å². The fraction of sp³-hybridized carbons (Fsp3) is 0.235. The highest BCUT2D eigenvalue weighted by atomic mass is 16.2. The first kappa shape index (κ1) is 30.7. The standard InChI is InChI=1S/C34H35N9O2/c1-8-26(20(2)3)38-32-29(30(35)40-42(32)7)33(44)37-21(4)31-39-27-16-12-13-23(17-18-24-19-36-41(6)22(24)5)28(27)34(45)43(31)25-14-10-9-11-15-25/h8-16,19-21H,1H2,2-7H3,(H2,35,40)(H,37,44)/b38-26+. The van der Waals surface area contributed by atoms with Crippen molar-refractivity contribution in [3.05, 3.63) is 106 Å². The van der Waals surface area contributed by atoms with E-state index in [1.807, 2.05) is 58.2 Å². The molecule has 0 fully saturated rings. The van der Waals surface area contributed by atoms with Crippen LogP contribution in [-0.2, 0) is 14.1 Å². The van der Waals surface area contributed by atoms with Crippen LogP contribution in [0, 0.1) is 24.7 Å². The van der Waals surface area contributed by atoms with Gasteiger partial charge in [0.15, 0.2) is 11.6 Å². The summed E-state index contributed by atoms with van der Waals surface area (Å²) in [7, 11) is 3.52. The fourth-order valence-electron chi connectivity index (χ4n) is 4.97. The quantitative estimate of drug-likeness (QED) is 0.207. The topological polar surface area (TPSA) is 138 Å². The first-order valence-corrected chi connectivity index (χ1v) is 14.5. The van der Waals surface area contributed by atoms with Crippen molar-refractivity contribution < 1.29 is 4.79 Å². The molecule has 11 heteroatoms. The van der Waals surface area contributed by atoms with Crippen molar-refractivity contribution in [3.8, 4) is 17.5 Å². The van der Waals surface area contributed by atoms with Gasteiger partial charge in [-0.25, -0.2) is 14.7 Å². The second-order valence-corrected chi connectivity index (χ2v) is 11.0. The molecule has 0 radical (unpaired) electrons. The molecule has 5 aromatic rings. The molecule has 3 heterocycles. The number of nitrogen functional groups attached to an aromatic ring is 1. The lowest BCUT2D eigenvalue weighted by Crippen LogP contribution is -2.33. The number of nitrogens with zero attached hydrogens (tertiary/aromatic N) is 7. The molecule has 2 aromatic carbocycles. The van der Waals surface area contributed by atoms with Crippen molar-refractivity contribution in [2.24, 2.45) is 25.0 Å². The van der Waals surface area contributed by atoms with Crippen LogP contribution in [-0.4, -0.2) is 40.7 Å². The molecule has 0 aliphatic heterocycles. The van der Waals surface area contributed by atoms with Crippen molar-refractivity contribution in [2.75, 3.05) is 5.73 Å². The monoisotopic (exact) mass is 601 g/mol. The van der Waals surface area contributed by atoms with E-state index in [2.05, 4.69) is 38.9 Å². The molecule has 0 bridgehead atoms. The summed E-state index contributed by atoms with van der Waals surface area (Å²) < 4.78 is 4.72. The predicted molar refractivity (Wildman–Crippen MR) is 177 cm³/mol. The van der Waals surface area contributed by atoms with E-state index in [4.69, 9.17) is 10.7 Å². The van der Waals surface area contributed by atoms with Crippen LogP contribution in [0.1, 0.15) is 59.8 Å². The van der Waals surface area contributed by atoms with Gasteiger partial charge in [0.2, 0.25) is 0 Å². The second kappa shape index (κ2) is 12.5. The van der Waals surface area contributed by atoms with Crippen LogP contribution in [0.5, 0.6) is 0 Å². The highest BCUT2D eigenvalue weighted by molar-refractivity contribution is 6.05. The fourth-order valence-corrected chi connectivity index (χ4v) is 4.97. The normalized spacial score (nSPS) is 12.2. The Kier molecular flexibility index (Phi) is 8.50. The number of aryl methyl sites for hydroxylation is 2. The third kappa shape index (κ3) is 5.90. The zero-order valence-electron chi connectivity index (χ0n) is 26.2. The minimum absolute atomic E-state index is 0.0344. The highest BCUT2D eigenvalue weighted by Gasteiger charge is 2.26. The van der Waals surface area contributed by atoms with E-state index in [-0.39, 0.29) is 22.9 Å². The molecular formula is C34H35N9O2. The van der Waals surface area contributed by atoms with Crippen molar-refractivity contribution in [2.45, 2.75) is 33.7 Å². The van der Waals surface area contributed by atoms with Gasteiger partial charge in [-0.1, -0.05) is 56.5 Å². The molecule has 1 amide bonds. The van der Waals surface area contributed by atoms with Gasteiger partial charge >= 0.3 is 0 Å². The van der Waals surface area contributed by atoms with Crippen LogP contribution in [0.4, 0.5) is 11.6 Å². The summed E-state index contributed by atoms with van der Waals surface area (Å²) in [5.41, 5.74) is 9.97. The van der Waals surface area contributed by atoms with E-state index < -0.39 is 11.9 Å². The molecular weight excluding hydrogens is 566 g/mol. The van der Waals surface area contributed by atoms with Gasteiger partial charge in [-0.05, 0) is 50.1 Å². The van der Waals surface area contributed by atoms with Crippen LogP contribution < -0.4 is 16.6 Å². The lowest BCUT2D eigenvalue weighted by Gasteiger charge is -2.20. The van der Waals surface area contributed by atoms with E-state index >= 15 is 0 Å². The molecule has 1 unspecified atom stereocenters. The number of para-hydroxylation sites is 1. The van der Waals surface area contributed by atoms with Crippen molar-refractivity contribution in [1.29, 1.82) is 0 Å². The Bertz CT molecular complexity index is 2090. The molecule has 3 N–H and O–H groups in total. The number of allylic oxidation sites excluding steroid dienone is 1.